The highest BCUT2D eigenvalue weighted by Crippen LogP contribution is 2.17. The number of likely N-dealkylation sites (tertiary alicyclic amines) is 1. The number of ether oxygens (including phenoxy) is 4. The Balaban J connectivity index is 2.26. The minimum atomic E-state index is -0.902. The second-order valence-corrected chi connectivity index (χ2v) is 8.49. The SMILES string of the molecule is CNCCCOCCOCCOCCCNC(=O)C(CCC(=O)OC)NC(=O)C1CCCN1C(C)=O. The van der Waals surface area contributed by atoms with E-state index in [2.05, 4.69) is 20.7 Å². The van der Waals surface area contributed by atoms with Crippen molar-refractivity contribution in [3.8, 4) is 0 Å². The fourth-order valence-electron chi connectivity index (χ4n) is 3.72. The number of carbonyl (C=O) groups excluding carboxylic acids is 4. The monoisotopic (exact) mass is 516 g/mol. The molecule has 1 aliphatic rings. The third kappa shape index (κ3) is 13.7. The number of nitrogens with zero attached hydrogens (tertiary/aromatic N) is 1. The van der Waals surface area contributed by atoms with Crippen LogP contribution in [0.1, 0.15) is 45.4 Å². The molecule has 0 aromatic rings. The van der Waals surface area contributed by atoms with Crippen LogP contribution in [0.4, 0.5) is 0 Å². The second kappa shape index (κ2) is 19.9. The van der Waals surface area contributed by atoms with Crippen molar-refractivity contribution in [1.82, 2.24) is 20.9 Å². The topological polar surface area (TPSA) is 145 Å². The highest BCUT2D eigenvalue weighted by molar-refractivity contribution is 5.92. The Morgan fingerprint density at radius 2 is 1.56 bits per heavy atom. The first kappa shape index (κ1) is 31.7. The molecule has 0 bridgehead atoms. The number of rotatable bonds is 20. The van der Waals surface area contributed by atoms with Crippen molar-refractivity contribution in [2.45, 2.75) is 57.5 Å². The Kier molecular flexibility index (Phi) is 17.5. The summed E-state index contributed by atoms with van der Waals surface area (Å²) in [6.07, 6.45) is 2.91. The van der Waals surface area contributed by atoms with Gasteiger partial charge in [-0.15, -0.1) is 0 Å². The largest absolute Gasteiger partial charge is 0.469 e. The van der Waals surface area contributed by atoms with Crippen molar-refractivity contribution in [3.63, 3.8) is 0 Å². The Morgan fingerprint density at radius 3 is 2.14 bits per heavy atom. The van der Waals surface area contributed by atoms with Gasteiger partial charge < -0.3 is 39.8 Å². The number of esters is 1. The van der Waals surface area contributed by atoms with E-state index >= 15 is 0 Å². The van der Waals surface area contributed by atoms with E-state index in [0.717, 1.165) is 19.4 Å². The molecule has 0 spiro atoms. The van der Waals surface area contributed by atoms with Crippen LogP contribution in [0.5, 0.6) is 0 Å². The maximum Gasteiger partial charge on any atom is 0.305 e. The van der Waals surface area contributed by atoms with Crippen LogP contribution in [0.25, 0.3) is 0 Å². The van der Waals surface area contributed by atoms with Crippen molar-refractivity contribution < 1.29 is 38.1 Å². The van der Waals surface area contributed by atoms with Gasteiger partial charge in [0, 0.05) is 39.6 Å². The van der Waals surface area contributed by atoms with E-state index in [4.69, 9.17) is 14.2 Å². The average Bonchev–Trinajstić information content (AvgIpc) is 3.37. The Bertz CT molecular complexity index is 664. The fourth-order valence-corrected chi connectivity index (χ4v) is 3.72. The van der Waals surface area contributed by atoms with Gasteiger partial charge in [0.2, 0.25) is 17.7 Å². The number of methoxy groups -OCH3 is 1. The zero-order valence-electron chi connectivity index (χ0n) is 22.0. The fraction of sp³-hybridized carbons (Fsp3) is 0.833. The maximum absolute atomic E-state index is 12.7. The molecule has 0 aromatic heterocycles. The molecule has 0 aliphatic carbocycles. The van der Waals surface area contributed by atoms with E-state index in [-0.39, 0.29) is 24.7 Å². The van der Waals surface area contributed by atoms with Gasteiger partial charge >= 0.3 is 5.97 Å². The van der Waals surface area contributed by atoms with Crippen LogP contribution < -0.4 is 16.0 Å². The number of nitrogens with one attached hydrogen (secondary N) is 3. The molecule has 1 rings (SSSR count). The summed E-state index contributed by atoms with van der Waals surface area (Å²) in [6.45, 7) is 6.35. The third-order valence-corrected chi connectivity index (χ3v) is 5.68. The molecule has 208 valence electrons. The van der Waals surface area contributed by atoms with Crippen LogP contribution in [0.2, 0.25) is 0 Å². The van der Waals surface area contributed by atoms with E-state index in [1.165, 1.54) is 18.9 Å². The van der Waals surface area contributed by atoms with Gasteiger partial charge in [0.1, 0.15) is 12.1 Å². The summed E-state index contributed by atoms with van der Waals surface area (Å²) in [6, 6.07) is -1.50. The average molecular weight is 517 g/mol. The predicted octanol–water partition coefficient (Wildman–Crippen LogP) is -0.399. The highest BCUT2D eigenvalue weighted by Gasteiger charge is 2.34. The molecular weight excluding hydrogens is 472 g/mol. The highest BCUT2D eigenvalue weighted by atomic mass is 16.5. The first-order chi connectivity index (χ1) is 17.4. The van der Waals surface area contributed by atoms with Crippen molar-refractivity contribution in [2.75, 3.05) is 73.4 Å². The van der Waals surface area contributed by atoms with Gasteiger partial charge in [-0.05, 0) is 45.7 Å². The second-order valence-electron chi connectivity index (χ2n) is 8.49. The van der Waals surface area contributed by atoms with E-state index in [0.29, 0.717) is 65.6 Å². The van der Waals surface area contributed by atoms with Crippen LogP contribution in [-0.2, 0) is 38.1 Å². The van der Waals surface area contributed by atoms with Crippen LogP contribution in [0.15, 0.2) is 0 Å². The lowest BCUT2D eigenvalue weighted by Crippen LogP contribution is -2.53. The summed E-state index contributed by atoms with van der Waals surface area (Å²) >= 11 is 0. The van der Waals surface area contributed by atoms with E-state index in [1.54, 1.807) is 0 Å². The molecule has 2 atom stereocenters. The molecule has 36 heavy (non-hydrogen) atoms. The van der Waals surface area contributed by atoms with E-state index in [1.807, 2.05) is 7.05 Å². The van der Waals surface area contributed by atoms with Crippen molar-refractivity contribution >= 4 is 23.7 Å². The Labute approximate surface area is 214 Å². The number of carbonyl (C=O) groups is 4. The molecule has 12 nitrogen and oxygen atoms in total. The summed E-state index contributed by atoms with van der Waals surface area (Å²) in [5.74, 6) is -1.43. The number of hydrogen-bond donors (Lipinski definition) is 3. The lowest BCUT2D eigenvalue weighted by molar-refractivity contribution is -0.141. The van der Waals surface area contributed by atoms with Gasteiger partial charge in [-0.3, -0.25) is 19.2 Å². The molecule has 0 saturated carbocycles. The Morgan fingerprint density at radius 1 is 0.944 bits per heavy atom. The molecule has 1 saturated heterocycles. The zero-order chi connectivity index (χ0) is 26.6. The van der Waals surface area contributed by atoms with Gasteiger partial charge in [-0.1, -0.05) is 0 Å². The normalized spacial score (nSPS) is 16.0. The van der Waals surface area contributed by atoms with Gasteiger partial charge in [-0.25, -0.2) is 0 Å². The number of amides is 3. The van der Waals surface area contributed by atoms with Crippen LogP contribution >= 0.6 is 0 Å². The molecule has 1 aliphatic heterocycles. The summed E-state index contributed by atoms with van der Waals surface area (Å²) in [5.41, 5.74) is 0. The molecule has 12 heteroatoms. The molecule has 1 heterocycles. The van der Waals surface area contributed by atoms with Crippen LogP contribution in [0, 0.1) is 0 Å². The smallest absolute Gasteiger partial charge is 0.305 e. The predicted molar refractivity (Wildman–Crippen MR) is 132 cm³/mol. The molecular formula is C24H44N4O8. The Hall–Kier alpha value is -2.28. The van der Waals surface area contributed by atoms with Crippen molar-refractivity contribution in [2.24, 2.45) is 0 Å². The summed E-state index contributed by atoms with van der Waals surface area (Å²) in [7, 11) is 3.17. The lowest BCUT2D eigenvalue weighted by Gasteiger charge is -2.25. The quantitative estimate of drug-likeness (QED) is 0.145. The van der Waals surface area contributed by atoms with Crippen molar-refractivity contribution in [3.05, 3.63) is 0 Å². The third-order valence-electron chi connectivity index (χ3n) is 5.68. The summed E-state index contributed by atoms with van der Waals surface area (Å²) in [4.78, 5) is 50.3. The standard InChI is InChI=1S/C24H44N4O8/c1-19(29)28-12-4-7-21(28)24(32)27-20(8-9-22(30)33-3)23(31)26-11-6-14-35-16-18-36-17-15-34-13-5-10-25-2/h20-21,25H,4-18H2,1-3H3,(H,26,31)(H,27,32). The molecule has 3 N–H and O–H groups in total. The number of hydrogen-bond acceptors (Lipinski definition) is 9. The maximum atomic E-state index is 12.7. The van der Waals surface area contributed by atoms with E-state index in [9.17, 15) is 19.2 Å². The molecule has 2 unspecified atom stereocenters. The molecule has 3 amide bonds. The van der Waals surface area contributed by atoms with Crippen molar-refractivity contribution in [1.29, 1.82) is 0 Å². The van der Waals surface area contributed by atoms with Crippen LogP contribution in [0.3, 0.4) is 0 Å². The first-order valence-corrected chi connectivity index (χ1v) is 12.7. The zero-order valence-corrected chi connectivity index (χ0v) is 22.0. The minimum Gasteiger partial charge on any atom is -0.469 e. The molecule has 1 fully saturated rings. The van der Waals surface area contributed by atoms with Gasteiger partial charge in [0.05, 0.1) is 33.5 Å². The van der Waals surface area contributed by atoms with Gasteiger partial charge in [-0.2, -0.15) is 0 Å². The summed E-state index contributed by atoms with van der Waals surface area (Å²) in [5, 5.41) is 8.54. The first-order valence-electron chi connectivity index (χ1n) is 12.7. The summed E-state index contributed by atoms with van der Waals surface area (Å²) < 4.78 is 21.0. The van der Waals surface area contributed by atoms with E-state index < -0.39 is 24.0 Å². The minimum absolute atomic E-state index is 0.0138. The van der Waals surface area contributed by atoms with Gasteiger partial charge in [0.15, 0.2) is 0 Å². The molecule has 0 radical (unpaired) electrons. The van der Waals surface area contributed by atoms with Crippen LogP contribution in [-0.4, -0.2) is 114 Å². The van der Waals surface area contributed by atoms with Gasteiger partial charge in [0.25, 0.3) is 0 Å². The lowest BCUT2D eigenvalue weighted by atomic mass is 10.1. The molecule has 0 aromatic carbocycles.